The minimum atomic E-state index is 0.822. The zero-order valence-corrected chi connectivity index (χ0v) is 11.9. The highest BCUT2D eigenvalue weighted by Crippen LogP contribution is 2.25. The lowest BCUT2D eigenvalue weighted by atomic mass is 10.3. The number of anilines is 1. The summed E-state index contributed by atoms with van der Waals surface area (Å²) in [6.45, 7) is 0.912. The number of rotatable bonds is 3. The molecule has 4 heteroatoms. The van der Waals surface area contributed by atoms with Gasteiger partial charge in [0.2, 0.25) is 0 Å². The normalized spacial score (nSPS) is 14.5. The predicted octanol–water partition coefficient (Wildman–Crippen LogP) is 4.38. The molecule has 0 saturated carbocycles. The minimum Gasteiger partial charge on any atom is -0.457 e. The first kappa shape index (κ1) is 13.1. The summed E-state index contributed by atoms with van der Waals surface area (Å²) in [6, 6.07) is 17.7. The van der Waals surface area contributed by atoms with E-state index in [4.69, 9.17) is 4.74 Å². The van der Waals surface area contributed by atoms with E-state index in [9.17, 15) is 0 Å². The SMILES string of the molecule is c1ccc(Oc2cccc(NC3=NCCCS3)c2)cc1. The van der Waals surface area contributed by atoms with E-state index in [1.807, 2.05) is 54.6 Å². The molecule has 0 radical (unpaired) electrons. The van der Waals surface area contributed by atoms with Crippen molar-refractivity contribution in [2.24, 2.45) is 4.99 Å². The van der Waals surface area contributed by atoms with Crippen LogP contribution in [0.2, 0.25) is 0 Å². The van der Waals surface area contributed by atoms with E-state index in [1.54, 1.807) is 11.8 Å². The first-order valence-electron chi connectivity index (χ1n) is 6.67. The lowest BCUT2D eigenvalue weighted by Gasteiger charge is -2.14. The Kier molecular flexibility index (Phi) is 4.23. The molecule has 0 unspecified atom stereocenters. The summed E-state index contributed by atoms with van der Waals surface area (Å²) < 4.78 is 5.82. The molecule has 0 amide bonds. The van der Waals surface area contributed by atoms with Crippen LogP contribution in [0.25, 0.3) is 0 Å². The smallest absolute Gasteiger partial charge is 0.161 e. The molecule has 0 aromatic heterocycles. The first-order chi connectivity index (χ1) is 9.90. The van der Waals surface area contributed by atoms with Gasteiger partial charge in [0.25, 0.3) is 0 Å². The molecule has 2 aromatic carbocycles. The number of nitrogens with zero attached hydrogens (tertiary/aromatic N) is 1. The average molecular weight is 284 g/mol. The summed E-state index contributed by atoms with van der Waals surface area (Å²) in [7, 11) is 0. The monoisotopic (exact) mass is 284 g/mol. The number of benzene rings is 2. The maximum atomic E-state index is 5.82. The average Bonchev–Trinajstić information content (AvgIpc) is 2.50. The van der Waals surface area contributed by atoms with Gasteiger partial charge in [-0.1, -0.05) is 36.0 Å². The van der Waals surface area contributed by atoms with Crippen molar-refractivity contribution in [1.29, 1.82) is 0 Å². The second-order valence-corrected chi connectivity index (χ2v) is 5.54. The summed E-state index contributed by atoms with van der Waals surface area (Å²) in [5.74, 6) is 2.79. The van der Waals surface area contributed by atoms with E-state index in [0.717, 1.165) is 41.1 Å². The number of amidine groups is 1. The van der Waals surface area contributed by atoms with Crippen LogP contribution in [0.5, 0.6) is 11.5 Å². The molecule has 2 aromatic rings. The second-order valence-electron chi connectivity index (χ2n) is 4.46. The fourth-order valence-electron chi connectivity index (χ4n) is 1.92. The molecule has 1 aliphatic rings. The van der Waals surface area contributed by atoms with Gasteiger partial charge < -0.3 is 10.1 Å². The topological polar surface area (TPSA) is 33.6 Å². The highest BCUT2D eigenvalue weighted by atomic mass is 32.2. The van der Waals surface area contributed by atoms with Gasteiger partial charge in [0.05, 0.1) is 0 Å². The van der Waals surface area contributed by atoms with Crippen LogP contribution in [0, 0.1) is 0 Å². The molecule has 1 aliphatic heterocycles. The standard InChI is InChI=1S/C16H16N2OS/c1-2-7-14(8-3-1)19-15-9-4-6-13(12-15)18-16-17-10-5-11-20-16/h1-4,6-9,12H,5,10-11H2,(H,17,18). The summed E-state index contributed by atoms with van der Waals surface area (Å²) in [5.41, 5.74) is 1.01. The van der Waals surface area contributed by atoms with Crippen molar-refractivity contribution < 1.29 is 4.74 Å². The highest BCUT2D eigenvalue weighted by molar-refractivity contribution is 8.14. The van der Waals surface area contributed by atoms with Crippen molar-refractivity contribution in [1.82, 2.24) is 0 Å². The number of hydrogen-bond donors (Lipinski definition) is 1. The molecule has 0 atom stereocenters. The van der Waals surface area contributed by atoms with Crippen molar-refractivity contribution in [3.05, 3.63) is 54.6 Å². The number of para-hydroxylation sites is 1. The van der Waals surface area contributed by atoms with Gasteiger partial charge in [0.1, 0.15) is 11.5 Å². The Hall–Kier alpha value is -1.94. The van der Waals surface area contributed by atoms with Crippen LogP contribution in [0.1, 0.15) is 6.42 Å². The highest BCUT2D eigenvalue weighted by Gasteiger charge is 2.06. The van der Waals surface area contributed by atoms with Gasteiger partial charge in [-0.2, -0.15) is 0 Å². The number of ether oxygens (including phenoxy) is 1. The molecule has 1 N–H and O–H groups in total. The molecule has 0 bridgehead atoms. The van der Waals surface area contributed by atoms with Crippen molar-refractivity contribution >= 4 is 22.6 Å². The molecular weight excluding hydrogens is 268 g/mol. The van der Waals surface area contributed by atoms with Gasteiger partial charge in [0, 0.05) is 24.1 Å². The molecule has 3 rings (SSSR count). The molecule has 20 heavy (non-hydrogen) atoms. The molecule has 0 fully saturated rings. The van der Waals surface area contributed by atoms with E-state index in [0.29, 0.717) is 0 Å². The number of thioether (sulfide) groups is 1. The van der Waals surface area contributed by atoms with Crippen LogP contribution >= 0.6 is 11.8 Å². The second kappa shape index (κ2) is 6.48. The van der Waals surface area contributed by atoms with Crippen molar-refractivity contribution in [2.45, 2.75) is 6.42 Å². The van der Waals surface area contributed by atoms with Gasteiger partial charge in [-0.3, -0.25) is 4.99 Å². The minimum absolute atomic E-state index is 0.822. The molecule has 0 spiro atoms. The van der Waals surface area contributed by atoms with Gasteiger partial charge in [-0.15, -0.1) is 0 Å². The zero-order chi connectivity index (χ0) is 13.6. The van der Waals surface area contributed by atoms with E-state index < -0.39 is 0 Å². The molecule has 0 saturated heterocycles. The molecular formula is C16H16N2OS. The van der Waals surface area contributed by atoms with Crippen molar-refractivity contribution in [3.8, 4) is 11.5 Å². The third-order valence-corrected chi connectivity index (χ3v) is 3.86. The van der Waals surface area contributed by atoms with Crippen LogP contribution in [0.4, 0.5) is 5.69 Å². The Balaban J connectivity index is 1.71. The van der Waals surface area contributed by atoms with Crippen LogP contribution in [-0.2, 0) is 0 Å². The number of aliphatic imine (C=N–C) groups is 1. The maximum Gasteiger partial charge on any atom is 0.161 e. The quantitative estimate of drug-likeness (QED) is 0.908. The van der Waals surface area contributed by atoms with Crippen LogP contribution in [0.3, 0.4) is 0 Å². The fourth-order valence-corrected chi connectivity index (χ4v) is 2.76. The van der Waals surface area contributed by atoms with Crippen LogP contribution < -0.4 is 10.1 Å². The molecule has 0 aliphatic carbocycles. The van der Waals surface area contributed by atoms with Gasteiger partial charge in [0.15, 0.2) is 5.17 Å². The zero-order valence-electron chi connectivity index (χ0n) is 11.1. The van der Waals surface area contributed by atoms with Gasteiger partial charge in [-0.25, -0.2) is 0 Å². The van der Waals surface area contributed by atoms with E-state index in [1.165, 1.54) is 0 Å². The first-order valence-corrected chi connectivity index (χ1v) is 7.66. The van der Waals surface area contributed by atoms with Gasteiger partial charge in [-0.05, 0) is 30.7 Å². The third kappa shape index (κ3) is 3.54. The Morgan fingerprint density at radius 2 is 1.85 bits per heavy atom. The van der Waals surface area contributed by atoms with E-state index in [2.05, 4.69) is 10.3 Å². The van der Waals surface area contributed by atoms with Crippen LogP contribution in [0.15, 0.2) is 59.6 Å². The lowest BCUT2D eigenvalue weighted by molar-refractivity contribution is 0.483. The summed E-state index contributed by atoms with van der Waals surface area (Å²) in [5, 5.41) is 4.33. The maximum absolute atomic E-state index is 5.82. The van der Waals surface area contributed by atoms with Crippen molar-refractivity contribution in [2.75, 3.05) is 17.6 Å². The fraction of sp³-hybridized carbons (Fsp3) is 0.188. The van der Waals surface area contributed by atoms with E-state index >= 15 is 0 Å². The largest absolute Gasteiger partial charge is 0.457 e. The predicted molar refractivity (Wildman–Crippen MR) is 86.0 cm³/mol. The Labute approximate surface area is 123 Å². The van der Waals surface area contributed by atoms with Gasteiger partial charge >= 0.3 is 0 Å². The number of hydrogen-bond acceptors (Lipinski definition) is 4. The number of nitrogens with one attached hydrogen (secondary N) is 1. The summed E-state index contributed by atoms with van der Waals surface area (Å²) in [4.78, 5) is 4.47. The summed E-state index contributed by atoms with van der Waals surface area (Å²) >= 11 is 1.77. The third-order valence-electron chi connectivity index (χ3n) is 2.86. The Morgan fingerprint density at radius 1 is 1.00 bits per heavy atom. The van der Waals surface area contributed by atoms with E-state index in [-0.39, 0.29) is 0 Å². The Morgan fingerprint density at radius 3 is 2.65 bits per heavy atom. The Bertz CT molecular complexity index is 598. The van der Waals surface area contributed by atoms with Crippen molar-refractivity contribution in [3.63, 3.8) is 0 Å². The van der Waals surface area contributed by atoms with Crippen LogP contribution in [-0.4, -0.2) is 17.5 Å². The lowest BCUT2D eigenvalue weighted by Crippen LogP contribution is -2.13. The molecule has 1 heterocycles. The molecule has 3 nitrogen and oxygen atoms in total. The molecule has 102 valence electrons. The summed E-state index contributed by atoms with van der Waals surface area (Å²) in [6.07, 6.45) is 1.16.